The minimum absolute atomic E-state index is 0.154. The molecule has 8 heteroatoms. The standard InChI is InChI=1S/C17H18BrN5OS/c1-10-4-6-23(7-5-10)14(24)9-25-17-20-16-15(21-22-17)12-8-11(18)2-3-13(12)19-16/h2-3,8,10H,4-7,9H2,1H3,(H,19,20,22). The van der Waals surface area contributed by atoms with Crippen LogP contribution in [0.2, 0.25) is 0 Å². The summed E-state index contributed by atoms with van der Waals surface area (Å²) in [4.78, 5) is 22.1. The Balaban J connectivity index is 1.48. The van der Waals surface area contributed by atoms with Crippen LogP contribution in [0.15, 0.2) is 27.8 Å². The van der Waals surface area contributed by atoms with Gasteiger partial charge in [-0.1, -0.05) is 34.6 Å². The zero-order valence-electron chi connectivity index (χ0n) is 13.8. The van der Waals surface area contributed by atoms with E-state index in [-0.39, 0.29) is 5.91 Å². The number of hydrogen-bond acceptors (Lipinski definition) is 5. The van der Waals surface area contributed by atoms with Crippen LogP contribution in [0.1, 0.15) is 19.8 Å². The smallest absolute Gasteiger partial charge is 0.233 e. The molecule has 25 heavy (non-hydrogen) atoms. The predicted octanol–water partition coefficient (Wildman–Crippen LogP) is 3.62. The van der Waals surface area contributed by atoms with Crippen LogP contribution in [0.3, 0.4) is 0 Å². The first-order chi connectivity index (χ1) is 12.1. The number of likely N-dealkylation sites (tertiary alicyclic amines) is 1. The summed E-state index contributed by atoms with van der Waals surface area (Å²) in [6.45, 7) is 3.95. The van der Waals surface area contributed by atoms with Gasteiger partial charge in [-0.3, -0.25) is 4.79 Å². The highest BCUT2D eigenvalue weighted by Crippen LogP contribution is 2.26. The molecule has 0 aliphatic carbocycles. The van der Waals surface area contributed by atoms with E-state index in [2.05, 4.69) is 43.0 Å². The van der Waals surface area contributed by atoms with Crippen molar-refractivity contribution in [3.05, 3.63) is 22.7 Å². The molecule has 1 fully saturated rings. The molecule has 0 radical (unpaired) electrons. The van der Waals surface area contributed by atoms with Gasteiger partial charge in [0, 0.05) is 28.5 Å². The first-order valence-electron chi connectivity index (χ1n) is 8.32. The molecule has 1 amide bonds. The van der Waals surface area contributed by atoms with Crippen LogP contribution in [0.25, 0.3) is 22.1 Å². The first kappa shape index (κ1) is 16.8. The number of piperidine rings is 1. The molecule has 0 bridgehead atoms. The fourth-order valence-corrected chi connectivity index (χ4v) is 4.12. The van der Waals surface area contributed by atoms with E-state index in [4.69, 9.17) is 0 Å². The van der Waals surface area contributed by atoms with Crippen LogP contribution < -0.4 is 0 Å². The van der Waals surface area contributed by atoms with E-state index in [1.807, 2.05) is 23.1 Å². The topological polar surface area (TPSA) is 74.8 Å². The van der Waals surface area contributed by atoms with E-state index in [1.165, 1.54) is 11.8 Å². The summed E-state index contributed by atoms with van der Waals surface area (Å²) in [7, 11) is 0. The number of halogens is 1. The van der Waals surface area contributed by atoms with Gasteiger partial charge < -0.3 is 9.88 Å². The summed E-state index contributed by atoms with van der Waals surface area (Å²) in [6, 6.07) is 5.95. The Labute approximate surface area is 157 Å². The summed E-state index contributed by atoms with van der Waals surface area (Å²) in [5.74, 6) is 1.22. The van der Waals surface area contributed by atoms with E-state index in [0.717, 1.165) is 46.8 Å². The molecule has 130 valence electrons. The molecule has 1 aliphatic heterocycles. The van der Waals surface area contributed by atoms with Crippen molar-refractivity contribution >= 4 is 55.7 Å². The summed E-state index contributed by atoms with van der Waals surface area (Å²) in [6.07, 6.45) is 2.18. The lowest BCUT2D eigenvalue weighted by atomic mass is 9.99. The third-order valence-corrected chi connectivity index (χ3v) is 5.93. The van der Waals surface area contributed by atoms with Crippen molar-refractivity contribution in [1.82, 2.24) is 25.1 Å². The number of hydrogen-bond donors (Lipinski definition) is 1. The normalized spacial score (nSPS) is 16.0. The number of rotatable bonds is 3. The van der Waals surface area contributed by atoms with Crippen molar-refractivity contribution < 1.29 is 4.79 Å². The Bertz CT molecular complexity index is 935. The largest absolute Gasteiger partial charge is 0.342 e. The van der Waals surface area contributed by atoms with Crippen LogP contribution >= 0.6 is 27.7 Å². The Morgan fingerprint density at radius 1 is 1.36 bits per heavy atom. The minimum atomic E-state index is 0.154. The van der Waals surface area contributed by atoms with Crippen LogP contribution in [0.5, 0.6) is 0 Å². The SMILES string of the molecule is CC1CCN(C(=O)CSc2nnc3c(n2)[nH]c2ccc(Br)cc23)CC1. The van der Waals surface area contributed by atoms with Crippen LogP contribution in [-0.2, 0) is 4.79 Å². The molecule has 0 spiro atoms. The quantitative estimate of drug-likeness (QED) is 0.656. The average molecular weight is 420 g/mol. The van der Waals surface area contributed by atoms with Crippen molar-refractivity contribution in [2.75, 3.05) is 18.8 Å². The highest BCUT2D eigenvalue weighted by atomic mass is 79.9. The van der Waals surface area contributed by atoms with E-state index in [1.54, 1.807) is 0 Å². The predicted molar refractivity (Wildman–Crippen MR) is 103 cm³/mol. The maximum Gasteiger partial charge on any atom is 0.233 e. The van der Waals surface area contributed by atoms with Crippen molar-refractivity contribution in [2.45, 2.75) is 24.9 Å². The molecule has 6 nitrogen and oxygen atoms in total. The Hall–Kier alpha value is -1.67. The number of carbonyl (C=O) groups is 1. The highest BCUT2D eigenvalue weighted by molar-refractivity contribution is 9.10. The molecule has 0 saturated carbocycles. The third-order valence-electron chi connectivity index (χ3n) is 4.62. The number of fused-ring (bicyclic) bond motifs is 3. The molecule has 1 aromatic carbocycles. The van der Waals surface area contributed by atoms with Gasteiger partial charge in [0.1, 0.15) is 5.52 Å². The molecule has 1 aliphatic rings. The van der Waals surface area contributed by atoms with Crippen LogP contribution in [0, 0.1) is 5.92 Å². The van der Waals surface area contributed by atoms with Gasteiger partial charge in [0.25, 0.3) is 0 Å². The summed E-state index contributed by atoms with van der Waals surface area (Å²) >= 11 is 4.82. The van der Waals surface area contributed by atoms with Crippen molar-refractivity contribution in [3.8, 4) is 0 Å². The number of benzene rings is 1. The number of nitrogens with one attached hydrogen (secondary N) is 1. The molecule has 3 heterocycles. The maximum absolute atomic E-state index is 12.3. The number of carbonyl (C=O) groups excluding carboxylic acids is 1. The fraction of sp³-hybridized carbons (Fsp3) is 0.412. The van der Waals surface area contributed by atoms with Crippen molar-refractivity contribution in [3.63, 3.8) is 0 Å². The number of amides is 1. The molecular weight excluding hydrogens is 402 g/mol. The van der Waals surface area contributed by atoms with E-state index >= 15 is 0 Å². The zero-order chi connectivity index (χ0) is 17.4. The lowest BCUT2D eigenvalue weighted by Crippen LogP contribution is -2.38. The summed E-state index contributed by atoms with van der Waals surface area (Å²) in [5, 5.41) is 9.99. The van der Waals surface area contributed by atoms with E-state index < -0.39 is 0 Å². The van der Waals surface area contributed by atoms with E-state index in [0.29, 0.717) is 22.5 Å². The molecule has 2 aromatic heterocycles. The Kier molecular flexibility index (Phi) is 4.64. The second-order valence-corrected chi connectivity index (χ2v) is 8.32. The van der Waals surface area contributed by atoms with Gasteiger partial charge in [0.05, 0.1) is 5.75 Å². The highest BCUT2D eigenvalue weighted by Gasteiger charge is 2.20. The second kappa shape index (κ2) is 6.92. The molecule has 0 unspecified atom stereocenters. The van der Waals surface area contributed by atoms with Gasteiger partial charge in [-0.15, -0.1) is 10.2 Å². The van der Waals surface area contributed by atoms with Gasteiger partial charge in [-0.2, -0.15) is 0 Å². The lowest BCUT2D eigenvalue weighted by Gasteiger charge is -2.30. The molecule has 0 atom stereocenters. The number of thioether (sulfide) groups is 1. The van der Waals surface area contributed by atoms with Crippen molar-refractivity contribution in [1.29, 1.82) is 0 Å². The molecule has 4 rings (SSSR count). The number of aromatic nitrogens is 4. The summed E-state index contributed by atoms with van der Waals surface area (Å²) in [5.41, 5.74) is 2.42. The fourth-order valence-electron chi connectivity index (χ4n) is 3.07. The maximum atomic E-state index is 12.3. The minimum Gasteiger partial charge on any atom is -0.342 e. The van der Waals surface area contributed by atoms with E-state index in [9.17, 15) is 4.79 Å². The second-order valence-electron chi connectivity index (χ2n) is 6.46. The molecule has 3 aromatic rings. The van der Waals surface area contributed by atoms with Gasteiger partial charge in [0.2, 0.25) is 11.1 Å². The summed E-state index contributed by atoms with van der Waals surface area (Å²) < 4.78 is 0.989. The monoisotopic (exact) mass is 419 g/mol. The lowest BCUT2D eigenvalue weighted by molar-refractivity contribution is -0.129. The number of aromatic amines is 1. The van der Waals surface area contributed by atoms with Crippen LogP contribution in [-0.4, -0.2) is 49.8 Å². The van der Waals surface area contributed by atoms with Gasteiger partial charge in [-0.25, -0.2) is 4.98 Å². The Morgan fingerprint density at radius 2 is 2.16 bits per heavy atom. The average Bonchev–Trinajstić information content (AvgIpc) is 2.97. The van der Waals surface area contributed by atoms with Gasteiger partial charge >= 0.3 is 0 Å². The Morgan fingerprint density at radius 3 is 2.96 bits per heavy atom. The molecule has 1 saturated heterocycles. The third kappa shape index (κ3) is 3.50. The van der Waals surface area contributed by atoms with Crippen molar-refractivity contribution in [2.24, 2.45) is 5.92 Å². The number of nitrogens with zero attached hydrogens (tertiary/aromatic N) is 4. The number of H-pyrrole nitrogens is 1. The van der Waals surface area contributed by atoms with Gasteiger partial charge in [-0.05, 0) is 37.0 Å². The van der Waals surface area contributed by atoms with Crippen LogP contribution in [0.4, 0.5) is 0 Å². The van der Waals surface area contributed by atoms with Gasteiger partial charge in [0.15, 0.2) is 5.65 Å². The molecular formula is C17H18BrN5OS. The zero-order valence-corrected chi connectivity index (χ0v) is 16.2. The first-order valence-corrected chi connectivity index (χ1v) is 10.1. The molecule has 1 N–H and O–H groups in total.